The van der Waals surface area contributed by atoms with Crippen molar-refractivity contribution in [3.8, 4) is 5.75 Å². The molecule has 3 amide bonds. The summed E-state index contributed by atoms with van der Waals surface area (Å²) < 4.78 is 18.5. The predicted molar refractivity (Wildman–Crippen MR) is 110 cm³/mol. The molecule has 0 saturated carbocycles. The lowest BCUT2D eigenvalue weighted by Crippen LogP contribution is -2.27. The van der Waals surface area contributed by atoms with Crippen LogP contribution >= 0.6 is 11.8 Å². The monoisotopic (exact) mass is 412 g/mol. The number of carbonyl (C=O) groups is 3. The molecule has 2 aromatic carbocycles. The van der Waals surface area contributed by atoms with Crippen LogP contribution in [0.3, 0.4) is 0 Å². The lowest BCUT2D eigenvalue weighted by atomic mass is 10.2. The van der Waals surface area contributed by atoms with Gasteiger partial charge in [0.05, 0.1) is 4.91 Å². The Balaban J connectivity index is 1.68. The third kappa shape index (κ3) is 5.11. The van der Waals surface area contributed by atoms with E-state index in [0.29, 0.717) is 17.0 Å². The number of carbonyl (C=O) groups excluding carboxylic acids is 3. The molecule has 29 heavy (non-hydrogen) atoms. The number of halogens is 1. The van der Waals surface area contributed by atoms with Crippen molar-refractivity contribution < 1.29 is 23.5 Å². The summed E-state index contributed by atoms with van der Waals surface area (Å²) in [7, 11) is 0. The van der Waals surface area contributed by atoms with Gasteiger partial charge in [0.15, 0.2) is 6.61 Å². The molecule has 1 aliphatic heterocycles. The van der Waals surface area contributed by atoms with Crippen molar-refractivity contribution in [1.29, 1.82) is 0 Å². The Morgan fingerprint density at radius 3 is 2.62 bits per heavy atom. The van der Waals surface area contributed by atoms with Crippen molar-refractivity contribution in [2.45, 2.75) is 0 Å². The molecule has 1 aliphatic rings. The van der Waals surface area contributed by atoms with Gasteiger partial charge >= 0.3 is 0 Å². The van der Waals surface area contributed by atoms with E-state index >= 15 is 0 Å². The van der Waals surface area contributed by atoms with E-state index < -0.39 is 17.6 Å². The fourth-order valence-electron chi connectivity index (χ4n) is 2.53. The smallest absolute Gasteiger partial charge is 0.293 e. The van der Waals surface area contributed by atoms with Gasteiger partial charge in [-0.1, -0.05) is 24.3 Å². The summed E-state index contributed by atoms with van der Waals surface area (Å²) in [6.45, 7) is 3.40. The first kappa shape index (κ1) is 20.3. The summed E-state index contributed by atoms with van der Waals surface area (Å²) in [6, 6.07) is 12.2. The number of rotatable bonds is 7. The van der Waals surface area contributed by atoms with Gasteiger partial charge in [-0.2, -0.15) is 0 Å². The number of imide groups is 1. The predicted octanol–water partition coefficient (Wildman–Crippen LogP) is 4.07. The van der Waals surface area contributed by atoms with Crippen molar-refractivity contribution in [2.24, 2.45) is 0 Å². The summed E-state index contributed by atoms with van der Waals surface area (Å²) in [6.07, 6.45) is 3.04. The molecule has 1 heterocycles. The molecular weight excluding hydrogens is 395 g/mol. The van der Waals surface area contributed by atoms with Gasteiger partial charge in [-0.15, -0.1) is 6.58 Å². The van der Waals surface area contributed by atoms with Crippen molar-refractivity contribution in [2.75, 3.05) is 18.5 Å². The SMILES string of the molecule is C=CCN1C(=O)S/C(=C/c2ccccc2OCC(=O)Nc2ccc(F)cc2)C1=O. The van der Waals surface area contributed by atoms with E-state index in [4.69, 9.17) is 4.74 Å². The maximum atomic E-state index is 12.9. The fourth-order valence-corrected chi connectivity index (χ4v) is 3.37. The van der Waals surface area contributed by atoms with Crippen LogP contribution in [-0.4, -0.2) is 35.1 Å². The number of anilines is 1. The Bertz CT molecular complexity index is 988. The summed E-state index contributed by atoms with van der Waals surface area (Å²) in [5.74, 6) is -0.829. The Kier molecular flexibility index (Phi) is 6.46. The largest absolute Gasteiger partial charge is 0.483 e. The highest BCUT2D eigenvalue weighted by molar-refractivity contribution is 8.18. The second-order valence-electron chi connectivity index (χ2n) is 5.96. The average molecular weight is 412 g/mol. The van der Waals surface area contributed by atoms with Gasteiger partial charge in [0.2, 0.25) is 0 Å². The molecule has 2 aromatic rings. The fraction of sp³-hybridized carbons (Fsp3) is 0.0952. The molecule has 1 N–H and O–H groups in total. The molecule has 6 nitrogen and oxygen atoms in total. The minimum atomic E-state index is -0.419. The van der Waals surface area contributed by atoms with Gasteiger partial charge in [0.25, 0.3) is 17.1 Å². The number of para-hydroxylation sites is 1. The number of nitrogens with zero attached hydrogens (tertiary/aromatic N) is 1. The van der Waals surface area contributed by atoms with Crippen LogP contribution in [0, 0.1) is 5.82 Å². The van der Waals surface area contributed by atoms with E-state index in [1.165, 1.54) is 30.3 Å². The standard InChI is InChI=1S/C21H17FN2O4S/c1-2-11-24-20(26)18(29-21(24)27)12-14-5-3-4-6-17(14)28-13-19(25)23-16-9-7-15(22)8-10-16/h2-10,12H,1,11,13H2,(H,23,25)/b18-12+. The highest BCUT2D eigenvalue weighted by Crippen LogP contribution is 2.33. The highest BCUT2D eigenvalue weighted by atomic mass is 32.2. The van der Waals surface area contributed by atoms with Gasteiger partial charge in [0, 0.05) is 17.8 Å². The molecular formula is C21H17FN2O4S. The van der Waals surface area contributed by atoms with Crippen LogP contribution in [0.15, 0.2) is 66.1 Å². The van der Waals surface area contributed by atoms with Gasteiger partial charge in [-0.05, 0) is 48.2 Å². The minimum Gasteiger partial charge on any atom is -0.483 e. The van der Waals surface area contributed by atoms with Crippen LogP contribution in [-0.2, 0) is 9.59 Å². The first-order valence-electron chi connectivity index (χ1n) is 8.61. The van der Waals surface area contributed by atoms with E-state index in [2.05, 4.69) is 11.9 Å². The lowest BCUT2D eigenvalue weighted by Gasteiger charge is -2.10. The topological polar surface area (TPSA) is 75.7 Å². The highest BCUT2D eigenvalue weighted by Gasteiger charge is 2.34. The Morgan fingerprint density at radius 1 is 1.17 bits per heavy atom. The van der Waals surface area contributed by atoms with Crippen molar-refractivity contribution in [3.63, 3.8) is 0 Å². The molecule has 8 heteroatoms. The van der Waals surface area contributed by atoms with E-state index in [0.717, 1.165) is 16.7 Å². The second kappa shape index (κ2) is 9.20. The normalized spacial score (nSPS) is 14.9. The number of benzene rings is 2. The van der Waals surface area contributed by atoms with E-state index in [9.17, 15) is 18.8 Å². The molecule has 0 aliphatic carbocycles. The molecule has 1 saturated heterocycles. The number of thioether (sulfide) groups is 1. The van der Waals surface area contributed by atoms with Crippen molar-refractivity contribution in [1.82, 2.24) is 4.90 Å². The third-order valence-electron chi connectivity index (χ3n) is 3.88. The number of amides is 3. The van der Waals surface area contributed by atoms with E-state index in [1.54, 1.807) is 30.3 Å². The number of ether oxygens (including phenoxy) is 1. The first-order chi connectivity index (χ1) is 14.0. The molecule has 0 spiro atoms. The van der Waals surface area contributed by atoms with Gasteiger partial charge in [0.1, 0.15) is 11.6 Å². The van der Waals surface area contributed by atoms with Crippen LogP contribution in [0.25, 0.3) is 6.08 Å². The summed E-state index contributed by atoms with van der Waals surface area (Å²) in [5, 5.41) is 2.24. The van der Waals surface area contributed by atoms with Gasteiger partial charge in [-0.25, -0.2) is 4.39 Å². The Labute approximate surface area is 171 Å². The van der Waals surface area contributed by atoms with Crippen LogP contribution in [0.4, 0.5) is 14.9 Å². The summed E-state index contributed by atoms with van der Waals surface area (Å²) >= 11 is 0.838. The molecule has 0 radical (unpaired) electrons. The molecule has 0 unspecified atom stereocenters. The number of hydrogen-bond acceptors (Lipinski definition) is 5. The van der Waals surface area contributed by atoms with E-state index in [-0.39, 0.29) is 23.3 Å². The molecule has 0 bridgehead atoms. The van der Waals surface area contributed by atoms with Crippen molar-refractivity contribution in [3.05, 3.63) is 77.5 Å². The van der Waals surface area contributed by atoms with Gasteiger partial charge in [-0.3, -0.25) is 19.3 Å². The molecule has 148 valence electrons. The molecule has 3 rings (SSSR count). The quantitative estimate of drug-likeness (QED) is 0.548. The first-order valence-corrected chi connectivity index (χ1v) is 9.43. The zero-order valence-electron chi connectivity index (χ0n) is 15.3. The van der Waals surface area contributed by atoms with Crippen LogP contribution in [0.5, 0.6) is 5.75 Å². The average Bonchev–Trinajstić information content (AvgIpc) is 2.97. The van der Waals surface area contributed by atoms with Crippen LogP contribution in [0.2, 0.25) is 0 Å². The van der Waals surface area contributed by atoms with E-state index in [1.807, 2.05) is 0 Å². The van der Waals surface area contributed by atoms with Crippen molar-refractivity contribution >= 4 is 40.6 Å². The Morgan fingerprint density at radius 2 is 1.90 bits per heavy atom. The zero-order valence-corrected chi connectivity index (χ0v) is 16.1. The summed E-state index contributed by atoms with van der Waals surface area (Å²) in [5.41, 5.74) is 1.01. The number of nitrogens with one attached hydrogen (secondary N) is 1. The third-order valence-corrected chi connectivity index (χ3v) is 4.79. The lowest BCUT2D eigenvalue weighted by molar-refractivity contribution is -0.122. The summed E-state index contributed by atoms with van der Waals surface area (Å²) in [4.78, 5) is 37.7. The van der Waals surface area contributed by atoms with Crippen LogP contribution < -0.4 is 10.1 Å². The maximum Gasteiger partial charge on any atom is 0.293 e. The Hall–Kier alpha value is -3.39. The number of hydrogen-bond donors (Lipinski definition) is 1. The van der Waals surface area contributed by atoms with Crippen LogP contribution in [0.1, 0.15) is 5.56 Å². The molecule has 0 aromatic heterocycles. The minimum absolute atomic E-state index is 0.143. The molecule has 1 fully saturated rings. The zero-order chi connectivity index (χ0) is 20.8. The van der Waals surface area contributed by atoms with Gasteiger partial charge < -0.3 is 10.1 Å². The molecule has 0 atom stereocenters. The second-order valence-corrected chi connectivity index (χ2v) is 6.96. The maximum absolute atomic E-state index is 12.9.